The number of aliphatic carboxylic acids is 1. The predicted octanol–water partition coefficient (Wildman–Crippen LogP) is 4.65. The second-order valence-electron chi connectivity index (χ2n) is 11.5. The van der Waals surface area contributed by atoms with Crippen LogP contribution in [-0.4, -0.2) is 58.2 Å². The number of benzene rings is 2. The van der Waals surface area contributed by atoms with Gasteiger partial charge in [-0.25, -0.2) is 9.59 Å². The van der Waals surface area contributed by atoms with Crippen molar-refractivity contribution in [3.8, 4) is 0 Å². The van der Waals surface area contributed by atoms with E-state index >= 15 is 0 Å². The van der Waals surface area contributed by atoms with Crippen LogP contribution in [0.4, 0.5) is 0 Å². The summed E-state index contributed by atoms with van der Waals surface area (Å²) < 4.78 is 18.8. The lowest BCUT2D eigenvalue weighted by atomic mass is 9.90. The van der Waals surface area contributed by atoms with Crippen molar-refractivity contribution in [2.75, 3.05) is 18.3 Å². The molecule has 3 atom stereocenters. The molecule has 2 unspecified atom stereocenters. The van der Waals surface area contributed by atoms with E-state index in [9.17, 15) is 34.0 Å². The van der Waals surface area contributed by atoms with Crippen LogP contribution in [0.25, 0.3) is 10.9 Å². The first-order valence-corrected chi connectivity index (χ1v) is 16.3. The molecule has 0 bridgehead atoms. The van der Waals surface area contributed by atoms with Crippen molar-refractivity contribution in [1.29, 1.82) is 0 Å². The van der Waals surface area contributed by atoms with Gasteiger partial charge in [-0.3, -0.25) is 14.2 Å². The molecule has 13 heteroatoms. The van der Waals surface area contributed by atoms with Crippen molar-refractivity contribution in [2.24, 2.45) is 17.8 Å². The third kappa shape index (κ3) is 9.32. The van der Waals surface area contributed by atoms with E-state index in [1.165, 1.54) is 31.4 Å². The highest BCUT2D eigenvalue weighted by Gasteiger charge is 2.44. The number of carboxylic acids is 1. The fraction of sp³-hybridized carbons (Fsp3) is 0.406. The topological polar surface area (TPSA) is 163 Å². The fourth-order valence-electron chi connectivity index (χ4n) is 4.77. The van der Waals surface area contributed by atoms with Gasteiger partial charge in [-0.2, -0.15) is 0 Å². The minimum Gasteiger partial charge on any atom is -0.480 e. The molecule has 0 saturated heterocycles. The van der Waals surface area contributed by atoms with Crippen LogP contribution in [0.5, 0.6) is 0 Å². The number of nitrogens with zero attached hydrogens (tertiary/aromatic N) is 1. The van der Waals surface area contributed by atoms with Crippen LogP contribution in [0.2, 0.25) is 0 Å². The van der Waals surface area contributed by atoms with Crippen molar-refractivity contribution < 1.29 is 43.4 Å². The van der Waals surface area contributed by atoms with E-state index in [1.54, 1.807) is 22.9 Å². The van der Waals surface area contributed by atoms with Crippen molar-refractivity contribution >= 4 is 54.9 Å². The van der Waals surface area contributed by atoms with Crippen LogP contribution < -0.4 is 15.4 Å². The molecule has 0 aliphatic rings. The Morgan fingerprint density at radius 3 is 2.13 bits per heavy atom. The lowest BCUT2D eigenvalue weighted by Crippen LogP contribution is -2.52. The van der Waals surface area contributed by atoms with Crippen LogP contribution in [0.15, 0.2) is 65.7 Å². The molecular formula is C32H39N3O8PS+. The molecule has 3 aromatic rings. The van der Waals surface area contributed by atoms with Crippen LogP contribution in [0, 0.1) is 17.8 Å². The minimum atomic E-state index is -2.06. The van der Waals surface area contributed by atoms with Crippen molar-refractivity contribution in [2.45, 2.75) is 56.9 Å². The Balaban J connectivity index is 1.93. The molecule has 1 heterocycles. The molecule has 0 spiro atoms. The van der Waals surface area contributed by atoms with Gasteiger partial charge in [0, 0.05) is 28.8 Å². The summed E-state index contributed by atoms with van der Waals surface area (Å²) in [6.07, 6.45) is 0.349. The first kappa shape index (κ1) is 35.6. The second-order valence-corrected chi connectivity index (χ2v) is 13.5. The maximum absolute atomic E-state index is 13.4. The summed E-state index contributed by atoms with van der Waals surface area (Å²) >= 11 is 1.08. The number of aliphatic hydroxyl groups is 1. The lowest BCUT2D eigenvalue weighted by Gasteiger charge is -2.31. The standard InChI is InChI=1S/C32H38N3O8PS/c1-19(2)16-24(29(37)33-25(30(38)39)17-20(3)4)32(41,44-42)18-45-27-15-14-21-8-6-7-9-26(21)35(27)34-28(36)22-10-12-23(13-11-22)31(40)43-5/h6-15,19-20,24-25,41H,16-18H2,1-5H3,(H2-,33,34,36,37,38,39)/p+1/t24?,25-,32?/m0/s1. The van der Waals surface area contributed by atoms with E-state index in [0.29, 0.717) is 10.5 Å². The van der Waals surface area contributed by atoms with Crippen LogP contribution >= 0.6 is 20.2 Å². The highest BCUT2D eigenvalue weighted by molar-refractivity contribution is 7.99. The number of carbonyl (C=O) groups excluding carboxylic acids is 3. The highest BCUT2D eigenvalue weighted by atomic mass is 32.2. The molecule has 0 fully saturated rings. The van der Waals surface area contributed by atoms with E-state index < -0.39 is 49.5 Å². The van der Waals surface area contributed by atoms with Gasteiger partial charge < -0.3 is 20.3 Å². The van der Waals surface area contributed by atoms with Crippen LogP contribution in [0.1, 0.15) is 61.3 Å². The summed E-state index contributed by atoms with van der Waals surface area (Å²) in [7, 11) is 0.563. The molecule has 0 aliphatic carbocycles. The summed E-state index contributed by atoms with van der Waals surface area (Å²) in [5, 5.41) is 23.1. The normalized spacial score (nSPS) is 14.1. The molecule has 2 amide bonds. The quantitative estimate of drug-likeness (QED) is 0.0790. The number of aromatic nitrogens is 1. The smallest absolute Gasteiger partial charge is 0.337 e. The Morgan fingerprint density at radius 2 is 1.56 bits per heavy atom. The maximum atomic E-state index is 13.4. The number of thioether (sulfide) groups is 1. The van der Waals surface area contributed by atoms with Crippen LogP contribution in [-0.2, 0) is 18.9 Å². The van der Waals surface area contributed by atoms with Gasteiger partial charge in [0.05, 0.1) is 18.6 Å². The molecule has 1 aromatic heterocycles. The van der Waals surface area contributed by atoms with E-state index in [1.807, 2.05) is 45.9 Å². The van der Waals surface area contributed by atoms with Gasteiger partial charge >= 0.3 is 17.8 Å². The van der Waals surface area contributed by atoms with E-state index in [0.717, 1.165) is 17.1 Å². The first-order chi connectivity index (χ1) is 21.3. The maximum Gasteiger partial charge on any atom is 0.337 e. The number of pyridine rings is 1. The Morgan fingerprint density at radius 1 is 0.933 bits per heavy atom. The average Bonchev–Trinajstić information content (AvgIpc) is 3.01. The van der Waals surface area contributed by atoms with Crippen molar-refractivity contribution in [1.82, 2.24) is 5.32 Å². The van der Waals surface area contributed by atoms with Gasteiger partial charge in [0.15, 0.2) is 13.8 Å². The predicted molar refractivity (Wildman–Crippen MR) is 171 cm³/mol. The number of fused-ring (bicyclic) bond motifs is 1. The number of para-hydroxylation sites is 1. The SMILES string of the molecule is COC(=O)c1ccc(C(=O)N[n+]2c(SCC(O)(P=O)C(CC(C)C)C(=O)N[C@@H](CC(C)C)C(=O)O)ccc3ccccc32)cc1. The number of methoxy groups -OCH3 is 1. The number of nitrogens with one attached hydrogen (secondary N) is 2. The monoisotopic (exact) mass is 656 g/mol. The molecule has 0 radical (unpaired) electrons. The summed E-state index contributed by atoms with van der Waals surface area (Å²) in [5.74, 6) is -4.38. The second kappa shape index (κ2) is 15.9. The van der Waals surface area contributed by atoms with E-state index in [2.05, 4.69) is 10.7 Å². The number of hydrogen-bond acceptors (Lipinski definition) is 8. The van der Waals surface area contributed by atoms with Gasteiger partial charge in [0.2, 0.25) is 11.4 Å². The number of rotatable bonds is 15. The largest absolute Gasteiger partial charge is 0.480 e. The first-order valence-electron chi connectivity index (χ1n) is 14.5. The molecule has 240 valence electrons. The summed E-state index contributed by atoms with van der Waals surface area (Å²) in [6.45, 7) is 7.38. The number of hydrogen-bond donors (Lipinski definition) is 4. The Hall–Kier alpha value is -3.86. The molecule has 3 rings (SSSR count). The molecule has 11 nitrogen and oxygen atoms in total. The number of esters is 1. The van der Waals surface area contributed by atoms with Crippen LogP contribution in [0.3, 0.4) is 0 Å². The molecule has 2 aromatic carbocycles. The number of carboxylic acid groups (broad SMARTS) is 1. The summed E-state index contributed by atoms with van der Waals surface area (Å²) in [4.78, 5) is 50.4. The van der Waals surface area contributed by atoms with Gasteiger partial charge in [-0.05, 0) is 61.1 Å². The summed E-state index contributed by atoms with van der Waals surface area (Å²) in [6, 6.07) is 15.7. The van der Waals surface area contributed by atoms with Gasteiger partial charge in [0.25, 0.3) is 5.03 Å². The summed E-state index contributed by atoms with van der Waals surface area (Å²) in [5.41, 5.74) is 4.07. The average molecular weight is 657 g/mol. The molecule has 4 N–H and O–H groups in total. The fourth-order valence-corrected chi connectivity index (χ4v) is 6.52. The lowest BCUT2D eigenvalue weighted by molar-refractivity contribution is -0.653. The third-order valence-corrected chi connectivity index (χ3v) is 9.28. The number of carbonyl (C=O) groups is 4. The van der Waals surface area contributed by atoms with Crippen molar-refractivity contribution in [3.05, 3.63) is 71.8 Å². The van der Waals surface area contributed by atoms with Gasteiger partial charge in [-0.1, -0.05) is 56.3 Å². The zero-order valence-corrected chi connectivity index (χ0v) is 27.6. The van der Waals surface area contributed by atoms with E-state index in [4.69, 9.17) is 4.74 Å². The van der Waals surface area contributed by atoms with E-state index in [-0.39, 0.29) is 41.6 Å². The zero-order chi connectivity index (χ0) is 33.3. The highest BCUT2D eigenvalue weighted by Crippen LogP contribution is 2.38. The Labute approximate surface area is 267 Å². The Kier molecular flexibility index (Phi) is 12.6. The third-order valence-electron chi connectivity index (χ3n) is 7.08. The molecule has 0 aliphatic heterocycles. The Bertz CT molecular complexity index is 1550. The van der Waals surface area contributed by atoms with Crippen molar-refractivity contribution in [3.63, 3.8) is 0 Å². The molecular weight excluding hydrogens is 617 g/mol. The number of ether oxygens (including phenoxy) is 1. The van der Waals surface area contributed by atoms with Gasteiger partial charge in [0.1, 0.15) is 6.04 Å². The zero-order valence-electron chi connectivity index (χ0n) is 25.9. The molecule has 45 heavy (non-hydrogen) atoms. The minimum absolute atomic E-state index is 0.00799. The molecule has 0 saturated carbocycles. The number of amides is 2. The van der Waals surface area contributed by atoms with Gasteiger partial charge in [-0.15, -0.1) is 5.43 Å².